The minimum Gasteiger partial charge on any atom is -0.422 e. The lowest BCUT2D eigenvalue weighted by atomic mass is 9.87. The number of hydrogen-bond acceptors (Lipinski definition) is 4. The Morgan fingerprint density at radius 1 is 1.55 bits per heavy atom. The van der Waals surface area contributed by atoms with Gasteiger partial charge in [-0.3, -0.25) is 4.40 Å². The number of thiazole rings is 1. The fourth-order valence-corrected chi connectivity index (χ4v) is 1.63. The molecule has 2 aromatic rings. The number of nitrogens with zero attached hydrogens (tertiary/aromatic N) is 2. The maximum atomic E-state index is 8.83. The lowest BCUT2D eigenvalue weighted by Crippen LogP contribution is -2.32. The molecule has 0 aromatic carbocycles. The van der Waals surface area contributed by atoms with E-state index in [2.05, 4.69) is 4.98 Å². The molecule has 0 radical (unpaired) electrons. The van der Waals surface area contributed by atoms with E-state index in [0.717, 1.165) is 4.96 Å². The average Bonchev–Trinajstić information content (AvgIpc) is 2.41. The Morgan fingerprint density at radius 2 is 2.36 bits per heavy atom. The van der Waals surface area contributed by atoms with Gasteiger partial charge in [-0.1, -0.05) is 0 Å². The standard InChI is InChI=1S/C5H5BN2O2S/c9-6(10)4-3-7-5-8(4)1-2-11-5/h1-3,9-10H. The van der Waals surface area contributed by atoms with Gasteiger partial charge in [-0.25, -0.2) is 4.98 Å². The van der Waals surface area contributed by atoms with Crippen molar-refractivity contribution in [3.05, 3.63) is 17.8 Å². The quantitative estimate of drug-likeness (QED) is 0.541. The highest BCUT2D eigenvalue weighted by Crippen LogP contribution is 2.06. The molecule has 0 aliphatic rings. The van der Waals surface area contributed by atoms with E-state index >= 15 is 0 Å². The Hall–Kier alpha value is -0.845. The van der Waals surface area contributed by atoms with Crippen molar-refractivity contribution in [3.63, 3.8) is 0 Å². The van der Waals surface area contributed by atoms with Crippen LogP contribution in [0.3, 0.4) is 0 Å². The molecule has 0 fully saturated rings. The fraction of sp³-hybridized carbons (Fsp3) is 0. The first kappa shape index (κ1) is 6.84. The van der Waals surface area contributed by atoms with E-state index in [4.69, 9.17) is 10.0 Å². The van der Waals surface area contributed by atoms with Crippen LogP contribution in [0, 0.1) is 0 Å². The summed E-state index contributed by atoms with van der Waals surface area (Å²) < 4.78 is 1.65. The molecule has 2 rings (SSSR count). The number of rotatable bonds is 1. The van der Waals surface area contributed by atoms with Crippen LogP contribution in [0.25, 0.3) is 4.96 Å². The molecule has 0 aliphatic heterocycles. The number of fused-ring (bicyclic) bond motifs is 1. The van der Waals surface area contributed by atoms with Crippen LogP contribution in [0.1, 0.15) is 0 Å². The van der Waals surface area contributed by atoms with Gasteiger partial charge >= 0.3 is 7.12 Å². The first-order valence-corrected chi connectivity index (χ1v) is 3.93. The largest absolute Gasteiger partial charge is 0.508 e. The second kappa shape index (κ2) is 2.33. The topological polar surface area (TPSA) is 57.8 Å². The summed E-state index contributed by atoms with van der Waals surface area (Å²) in [7, 11) is -1.44. The van der Waals surface area contributed by atoms with Gasteiger partial charge < -0.3 is 10.0 Å². The van der Waals surface area contributed by atoms with E-state index in [1.807, 2.05) is 5.38 Å². The minimum absolute atomic E-state index is 0.404. The second-order valence-electron chi connectivity index (χ2n) is 2.11. The summed E-state index contributed by atoms with van der Waals surface area (Å²) >= 11 is 1.46. The first-order chi connectivity index (χ1) is 5.29. The summed E-state index contributed by atoms with van der Waals surface area (Å²) in [5.74, 6) is 0. The van der Waals surface area contributed by atoms with Gasteiger partial charge in [0.1, 0.15) is 0 Å². The smallest absolute Gasteiger partial charge is 0.422 e. The summed E-state index contributed by atoms with van der Waals surface area (Å²) in [5, 5.41) is 19.5. The maximum Gasteiger partial charge on any atom is 0.508 e. The van der Waals surface area contributed by atoms with Crippen molar-refractivity contribution in [2.75, 3.05) is 0 Å². The van der Waals surface area contributed by atoms with Gasteiger partial charge in [-0.05, 0) is 0 Å². The molecule has 0 saturated carbocycles. The molecule has 0 bridgehead atoms. The molecule has 2 aromatic heterocycles. The van der Waals surface area contributed by atoms with Crippen LogP contribution in [0.15, 0.2) is 17.8 Å². The van der Waals surface area contributed by atoms with Crippen molar-refractivity contribution >= 4 is 29.0 Å². The van der Waals surface area contributed by atoms with E-state index in [1.54, 1.807) is 10.6 Å². The Labute approximate surface area is 66.9 Å². The summed E-state index contributed by atoms with van der Waals surface area (Å²) in [4.78, 5) is 4.73. The molecular weight excluding hydrogens is 163 g/mol. The van der Waals surface area contributed by atoms with E-state index in [1.165, 1.54) is 17.5 Å². The van der Waals surface area contributed by atoms with Gasteiger partial charge in [0.25, 0.3) is 0 Å². The molecule has 0 atom stereocenters. The lowest BCUT2D eigenvalue weighted by molar-refractivity contribution is 0.424. The maximum absolute atomic E-state index is 8.83. The van der Waals surface area contributed by atoms with Gasteiger partial charge in [-0.15, -0.1) is 11.3 Å². The summed E-state index contributed by atoms with van der Waals surface area (Å²) in [6.07, 6.45) is 3.21. The molecule has 6 heteroatoms. The molecule has 0 saturated heterocycles. The predicted octanol–water partition coefficient (Wildman–Crippen LogP) is -0.924. The highest BCUT2D eigenvalue weighted by atomic mass is 32.1. The Morgan fingerprint density at radius 3 is 3.09 bits per heavy atom. The van der Waals surface area contributed by atoms with E-state index < -0.39 is 7.12 Å². The Kier molecular flexibility index (Phi) is 1.45. The number of aromatic nitrogens is 2. The van der Waals surface area contributed by atoms with Gasteiger partial charge in [0.15, 0.2) is 4.96 Å². The third-order valence-corrected chi connectivity index (χ3v) is 2.21. The lowest BCUT2D eigenvalue weighted by Gasteiger charge is -1.93. The highest BCUT2D eigenvalue weighted by molar-refractivity contribution is 7.15. The fourth-order valence-electron chi connectivity index (χ4n) is 0.936. The molecule has 0 aliphatic carbocycles. The summed E-state index contributed by atoms with van der Waals surface area (Å²) in [6.45, 7) is 0. The minimum atomic E-state index is -1.44. The van der Waals surface area contributed by atoms with Crippen LogP contribution in [0.2, 0.25) is 0 Å². The van der Waals surface area contributed by atoms with E-state index in [0.29, 0.717) is 5.59 Å². The molecule has 2 N–H and O–H groups in total. The first-order valence-electron chi connectivity index (χ1n) is 3.05. The zero-order valence-electron chi connectivity index (χ0n) is 5.51. The molecule has 11 heavy (non-hydrogen) atoms. The van der Waals surface area contributed by atoms with Crippen molar-refractivity contribution in [1.82, 2.24) is 9.38 Å². The van der Waals surface area contributed by atoms with Crippen LogP contribution in [0.5, 0.6) is 0 Å². The van der Waals surface area contributed by atoms with Crippen molar-refractivity contribution < 1.29 is 10.0 Å². The monoisotopic (exact) mass is 168 g/mol. The zero-order valence-corrected chi connectivity index (χ0v) is 6.32. The summed E-state index contributed by atoms with van der Waals surface area (Å²) in [5.41, 5.74) is 0.404. The van der Waals surface area contributed by atoms with Crippen LogP contribution < -0.4 is 5.59 Å². The summed E-state index contributed by atoms with van der Waals surface area (Å²) in [6, 6.07) is 0. The van der Waals surface area contributed by atoms with Gasteiger partial charge in [0.05, 0.1) is 5.59 Å². The number of imidazole rings is 1. The predicted molar refractivity (Wildman–Crippen MR) is 42.9 cm³/mol. The van der Waals surface area contributed by atoms with Crippen molar-refractivity contribution in [2.24, 2.45) is 0 Å². The van der Waals surface area contributed by atoms with Crippen LogP contribution >= 0.6 is 11.3 Å². The van der Waals surface area contributed by atoms with Gasteiger partial charge in [0.2, 0.25) is 0 Å². The van der Waals surface area contributed by atoms with Crippen LogP contribution in [0.4, 0.5) is 0 Å². The molecule has 0 spiro atoms. The molecular formula is C5H5BN2O2S. The normalized spacial score (nSPS) is 10.7. The van der Waals surface area contributed by atoms with Crippen LogP contribution in [-0.4, -0.2) is 26.6 Å². The second-order valence-corrected chi connectivity index (χ2v) is 2.99. The van der Waals surface area contributed by atoms with Gasteiger partial charge in [0, 0.05) is 17.8 Å². The van der Waals surface area contributed by atoms with Gasteiger partial charge in [-0.2, -0.15) is 0 Å². The molecule has 4 nitrogen and oxygen atoms in total. The highest BCUT2D eigenvalue weighted by Gasteiger charge is 2.16. The zero-order chi connectivity index (χ0) is 7.84. The number of hydrogen-bond donors (Lipinski definition) is 2. The average molecular weight is 168 g/mol. The third kappa shape index (κ3) is 0.955. The Bertz CT molecular complexity index is 369. The molecule has 0 unspecified atom stereocenters. The molecule has 2 heterocycles. The third-order valence-electron chi connectivity index (χ3n) is 1.44. The van der Waals surface area contributed by atoms with Crippen molar-refractivity contribution in [2.45, 2.75) is 0 Å². The van der Waals surface area contributed by atoms with E-state index in [-0.39, 0.29) is 0 Å². The molecule has 0 amide bonds. The van der Waals surface area contributed by atoms with E-state index in [9.17, 15) is 0 Å². The SMILES string of the molecule is OB(O)c1cnc2sccn12. The van der Waals surface area contributed by atoms with Crippen LogP contribution in [-0.2, 0) is 0 Å². The molecule has 56 valence electrons. The Balaban J connectivity index is 2.68. The van der Waals surface area contributed by atoms with Crippen molar-refractivity contribution in [1.29, 1.82) is 0 Å². The van der Waals surface area contributed by atoms with Crippen molar-refractivity contribution in [3.8, 4) is 0 Å².